The number of ether oxygens (including phenoxy) is 7. The molecule has 0 radical (unpaired) electrons. The number of hydrogen-bond acceptors (Lipinski definition) is 9. The van der Waals surface area contributed by atoms with E-state index in [2.05, 4.69) is 23.9 Å². The van der Waals surface area contributed by atoms with Crippen LogP contribution in [0.5, 0.6) is 28.7 Å². The molecule has 250 valence electrons. The number of fused-ring (bicyclic) bond motifs is 1. The molecule has 0 N–H and O–H groups in total. The number of halogens is 1. The topological polar surface area (TPSA) is 98.8 Å². The molecule has 0 aliphatic carbocycles. The molecule has 0 spiro atoms. The number of quaternary nitrogens is 1. The Hall–Kier alpha value is -3.63. The average molecular weight is 650 g/mol. The first-order valence-corrected chi connectivity index (χ1v) is 15.0. The molecule has 0 saturated heterocycles. The summed E-state index contributed by atoms with van der Waals surface area (Å²) in [6.07, 6.45) is 7.94. The van der Waals surface area contributed by atoms with Gasteiger partial charge in [0.25, 0.3) is 0 Å². The minimum atomic E-state index is -0.243. The first kappa shape index (κ1) is 37.6. The maximum Gasteiger partial charge on any atom is 0.306 e. The Kier molecular flexibility index (Phi) is 15.3. The number of methoxy groups -OCH3 is 6. The van der Waals surface area contributed by atoms with Crippen molar-refractivity contribution < 1.29 is 59.6 Å². The Morgan fingerprint density at radius 3 is 1.93 bits per heavy atom. The zero-order chi connectivity index (χ0) is 32.1. The van der Waals surface area contributed by atoms with Crippen LogP contribution < -0.4 is 36.1 Å². The van der Waals surface area contributed by atoms with Gasteiger partial charge in [0.2, 0.25) is 5.75 Å². The van der Waals surface area contributed by atoms with Crippen LogP contribution in [0.3, 0.4) is 0 Å². The van der Waals surface area contributed by atoms with E-state index < -0.39 is 0 Å². The lowest BCUT2D eigenvalue weighted by molar-refractivity contribution is -0.941. The number of likely N-dealkylation sites (N-methyl/N-ethyl adjacent to an activating group) is 1. The summed E-state index contributed by atoms with van der Waals surface area (Å²) in [5, 5.41) is 0. The van der Waals surface area contributed by atoms with Crippen molar-refractivity contribution in [2.75, 3.05) is 69.4 Å². The van der Waals surface area contributed by atoms with Gasteiger partial charge in [0.05, 0.1) is 69.4 Å². The summed E-state index contributed by atoms with van der Waals surface area (Å²) >= 11 is 0. The first-order chi connectivity index (χ1) is 21.2. The number of nitrogens with zero attached hydrogens (tertiary/aromatic N) is 1. The van der Waals surface area contributed by atoms with E-state index in [1.165, 1.54) is 18.2 Å². The molecule has 1 aliphatic heterocycles. The van der Waals surface area contributed by atoms with Crippen LogP contribution >= 0.6 is 0 Å². The third kappa shape index (κ3) is 9.93. The maximum atomic E-state index is 12.3. The molecule has 3 rings (SSSR count). The summed E-state index contributed by atoms with van der Waals surface area (Å²) < 4.78 is 39.1. The van der Waals surface area contributed by atoms with Crippen molar-refractivity contribution in [2.24, 2.45) is 0 Å². The van der Waals surface area contributed by atoms with Crippen LogP contribution in [-0.2, 0) is 31.9 Å². The number of hydrogen-bond donors (Lipinski definition) is 0. The lowest BCUT2D eigenvalue weighted by Crippen LogP contribution is -3.00. The molecule has 45 heavy (non-hydrogen) atoms. The van der Waals surface area contributed by atoms with Gasteiger partial charge in [-0.05, 0) is 48.2 Å². The molecular formula is C34H48ClNO9. The summed E-state index contributed by atoms with van der Waals surface area (Å²) in [4.78, 5) is 23.5. The van der Waals surface area contributed by atoms with Gasteiger partial charge in [-0.15, -0.1) is 0 Å². The fourth-order valence-corrected chi connectivity index (χ4v) is 5.83. The lowest BCUT2D eigenvalue weighted by atomic mass is 9.86. The summed E-state index contributed by atoms with van der Waals surface area (Å²) in [5.74, 6) is 2.74. The summed E-state index contributed by atoms with van der Waals surface area (Å²) in [6, 6.07) is 8.29. The van der Waals surface area contributed by atoms with Crippen molar-refractivity contribution in [3.63, 3.8) is 0 Å². The predicted octanol–water partition coefficient (Wildman–Crippen LogP) is 2.24. The number of carbonyl (C=O) groups is 2. The number of benzene rings is 2. The van der Waals surface area contributed by atoms with Crippen LogP contribution in [0.15, 0.2) is 36.4 Å². The monoisotopic (exact) mass is 649 g/mol. The number of esters is 2. The second-order valence-corrected chi connectivity index (χ2v) is 11.0. The van der Waals surface area contributed by atoms with Gasteiger partial charge in [-0.3, -0.25) is 9.59 Å². The molecule has 0 saturated carbocycles. The minimum absolute atomic E-state index is 0. The van der Waals surface area contributed by atoms with Gasteiger partial charge in [-0.1, -0.05) is 12.2 Å². The van der Waals surface area contributed by atoms with Gasteiger partial charge < -0.3 is 50.0 Å². The molecule has 11 heteroatoms. The van der Waals surface area contributed by atoms with Gasteiger partial charge >= 0.3 is 11.9 Å². The van der Waals surface area contributed by atoms with Crippen LogP contribution in [0.1, 0.15) is 54.8 Å². The fourth-order valence-electron chi connectivity index (χ4n) is 5.83. The molecule has 0 unspecified atom stereocenters. The molecule has 2 atom stereocenters. The average Bonchev–Trinajstić information content (AvgIpc) is 3.04. The van der Waals surface area contributed by atoms with Crippen LogP contribution in [0.4, 0.5) is 0 Å². The Labute approximate surface area is 273 Å². The highest BCUT2D eigenvalue weighted by Crippen LogP contribution is 2.44. The van der Waals surface area contributed by atoms with E-state index in [1.54, 1.807) is 35.5 Å². The molecule has 1 aliphatic rings. The van der Waals surface area contributed by atoms with Gasteiger partial charge in [0.15, 0.2) is 23.0 Å². The van der Waals surface area contributed by atoms with Crippen LogP contribution in [0.2, 0.25) is 0 Å². The fraction of sp³-hybridized carbons (Fsp3) is 0.529. The third-order valence-electron chi connectivity index (χ3n) is 8.30. The first-order valence-electron chi connectivity index (χ1n) is 15.0. The van der Waals surface area contributed by atoms with Crippen molar-refractivity contribution >= 4 is 11.9 Å². The van der Waals surface area contributed by atoms with E-state index in [9.17, 15) is 9.59 Å². The van der Waals surface area contributed by atoms with E-state index in [-0.39, 0.29) is 30.4 Å². The molecule has 10 nitrogen and oxygen atoms in total. The van der Waals surface area contributed by atoms with Crippen molar-refractivity contribution in [1.29, 1.82) is 0 Å². The third-order valence-corrected chi connectivity index (χ3v) is 8.30. The van der Waals surface area contributed by atoms with Crippen molar-refractivity contribution in [3.05, 3.63) is 53.1 Å². The minimum Gasteiger partial charge on any atom is -1.00 e. The maximum absolute atomic E-state index is 12.3. The number of allylic oxidation sites excluding steroid dienone is 2. The van der Waals surface area contributed by atoms with Gasteiger partial charge in [0, 0.05) is 37.7 Å². The summed E-state index contributed by atoms with van der Waals surface area (Å²) in [5.41, 5.74) is 3.51. The lowest BCUT2D eigenvalue weighted by Gasteiger charge is -2.46. The highest BCUT2D eigenvalue weighted by molar-refractivity contribution is 5.70. The smallest absolute Gasteiger partial charge is 0.306 e. The highest BCUT2D eigenvalue weighted by Gasteiger charge is 2.40. The molecule has 1 heterocycles. The zero-order valence-electron chi connectivity index (χ0n) is 27.6. The number of carbonyl (C=O) groups excluding carboxylic acids is 2. The second-order valence-electron chi connectivity index (χ2n) is 11.0. The van der Waals surface area contributed by atoms with Crippen molar-refractivity contribution in [3.8, 4) is 28.7 Å². The Bertz CT molecular complexity index is 1270. The SMILES string of the molecule is COC(=O)CC/C=C/CCC(=O)OCCC[N@+]1(C)CCc2cc(OC)c(OC)cc2[C@H]1Cc1cc(OC)c(OC)c(OC)c1.[Cl-]. The molecule has 0 aromatic heterocycles. The van der Waals surface area contributed by atoms with Gasteiger partial charge in [-0.2, -0.15) is 0 Å². The largest absolute Gasteiger partial charge is 1.00 e. The van der Waals surface area contributed by atoms with Crippen LogP contribution in [-0.4, -0.2) is 85.8 Å². The Morgan fingerprint density at radius 1 is 0.800 bits per heavy atom. The van der Waals surface area contributed by atoms with Crippen molar-refractivity contribution in [1.82, 2.24) is 0 Å². The highest BCUT2D eigenvalue weighted by atomic mass is 35.5. The Balaban J connectivity index is 0.00000705. The second kappa shape index (κ2) is 18.4. The molecule has 0 fully saturated rings. The van der Waals surface area contributed by atoms with E-state index in [1.807, 2.05) is 24.3 Å². The molecule has 2 aromatic rings. The summed E-state index contributed by atoms with van der Waals surface area (Å²) in [7, 11) is 11.8. The van der Waals surface area contributed by atoms with E-state index in [0.717, 1.165) is 48.1 Å². The van der Waals surface area contributed by atoms with Gasteiger partial charge in [-0.25, -0.2) is 0 Å². The van der Waals surface area contributed by atoms with E-state index >= 15 is 0 Å². The van der Waals surface area contributed by atoms with Gasteiger partial charge in [0.1, 0.15) is 6.04 Å². The number of rotatable bonds is 17. The van der Waals surface area contributed by atoms with E-state index in [4.69, 9.17) is 28.4 Å². The summed E-state index contributed by atoms with van der Waals surface area (Å²) in [6.45, 7) is 2.10. The predicted molar refractivity (Wildman–Crippen MR) is 167 cm³/mol. The molecular weight excluding hydrogens is 602 g/mol. The zero-order valence-corrected chi connectivity index (χ0v) is 28.4. The van der Waals surface area contributed by atoms with E-state index in [0.29, 0.717) is 55.3 Å². The van der Waals surface area contributed by atoms with Crippen molar-refractivity contribution in [2.45, 2.75) is 51.0 Å². The van der Waals surface area contributed by atoms with Crippen LogP contribution in [0.25, 0.3) is 0 Å². The standard InChI is InChI=1S/C34H48NO9.ClH/c1-35(16-12-18-44-33(37)14-11-9-8-10-13-32(36)42-6)17-15-25-22-28(38-2)29(39-3)23-26(25)27(35)19-24-20-30(40-4)34(43-7)31(21-24)41-5;/h8-9,20-23,27H,10-19H2,1-7H3;1H/q+1;/p-1/b9-8+;/t27-,35-;/m1./s1. The molecule has 0 bridgehead atoms. The molecule has 0 amide bonds. The quantitative estimate of drug-likeness (QED) is 0.111. The Morgan fingerprint density at radius 2 is 1.38 bits per heavy atom. The van der Waals surface area contributed by atoms with Crippen LogP contribution in [0, 0.1) is 0 Å². The molecule has 2 aromatic carbocycles. The normalized spacial score (nSPS) is 17.1.